The number of benzene rings is 1. The van der Waals surface area contributed by atoms with E-state index in [2.05, 4.69) is 71.9 Å². The third kappa shape index (κ3) is 7.71. The number of fused-ring (bicyclic) bond motifs is 2. The van der Waals surface area contributed by atoms with Crippen LogP contribution in [0.5, 0.6) is 0 Å². The largest absolute Gasteiger partial charge is 0.445 e. The SMILES string of the molecule is C[C@H]1CN(C(=O)OCc2ccccc2)C[C@H]1Nc1c(C(N)=O)cnn2cc(Br)cc12.C[C@H]1CNC[C@H]1Nc1c(C(N)=O)cnn2cc(Br)cc12. The molecule has 50 heavy (non-hydrogen) atoms. The van der Waals surface area contributed by atoms with E-state index in [0.29, 0.717) is 35.8 Å². The number of carbonyl (C=O) groups is 3. The van der Waals surface area contributed by atoms with Gasteiger partial charge in [0, 0.05) is 53.1 Å². The first kappa shape index (κ1) is 35.2. The summed E-state index contributed by atoms with van der Waals surface area (Å²) in [5, 5.41) is 18.7. The number of halogens is 2. The van der Waals surface area contributed by atoms with Crippen LogP contribution in [-0.2, 0) is 11.3 Å². The zero-order valence-electron chi connectivity index (χ0n) is 27.5. The zero-order chi connectivity index (χ0) is 35.5. The van der Waals surface area contributed by atoms with Crippen LogP contribution in [-0.4, -0.2) is 80.3 Å². The third-order valence-electron chi connectivity index (χ3n) is 8.99. The van der Waals surface area contributed by atoms with Crippen LogP contribution in [0.2, 0.25) is 0 Å². The topological polar surface area (TPSA) is 186 Å². The molecule has 2 saturated heterocycles. The van der Waals surface area contributed by atoms with E-state index in [4.69, 9.17) is 16.2 Å². The van der Waals surface area contributed by atoms with E-state index in [0.717, 1.165) is 44.3 Å². The summed E-state index contributed by atoms with van der Waals surface area (Å²) in [5.74, 6) is -0.392. The van der Waals surface area contributed by atoms with Crippen molar-refractivity contribution in [2.24, 2.45) is 23.3 Å². The van der Waals surface area contributed by atoms with Gasteiger partial charge in [0.05, 0.1) is 45.9 Å². The number of likely N-dealkylation sites (tertiary alicyclic amines) is 1. The number of amides is 3. The molecule has 0 bridgehead atoms. The maximum absolute atomic E-state index is 12.5. The maximum atomic E-state index is 12.5. The number of hydrogen-bond acceptors (Lipinski definition) is 9. The summed E-state index contributed by atoms with van der Waals surface area (Å²) < 4.78 is 10.6. The number of rotatable bonds is 8. The molecule has 16 heteroatoms. The summed E-state index contributed by atoms with van der Waals surface area (Å²) in [6, 6.07) is 13.6. The van der Waals surface area contributed by atoms with Crippen LogP contribution in [0, 0.1) is 11.8 Å². The number of carbonyl (C=O) groups excluding carboxylic acids is 3. The summed E-state index contributed by atoms with van der Waals surface area (Å²) >= 11 is 6.86. The van der Waals surface area contributed by atoms with Crippen LogP contribution >= 0.6 is 31.9 Å². The fraction of sp³-hybridized carbons (Fsp3) is 0.324. The Bertz CT molecular complexity index is 2030. The molecule has 2 aliphatic heterocycles. The molecule has 14 nitrogen and oxygen atoms in total. The predicted molar refractivity (Wildman–Crippen MR) is 197 cm³/mol. The lowest BCUT2D eigenvalue weighted by atomic mass is 10.1. The first-order valence-electron chi connectivity index (χ1n) is 16.1. The fourth-order valence-electron chi connectivity index (χ4n) is 6.22. The van der Waals surface area contributed by atoms with Crippen molar-refractivity contribution < 1.29 is 19.1 Å². The zero-order valence-corrected chi connectivity index (χ0v) is 30.6. The van der Waals surface area contributed by atoms with Crippen LogP contribution in [0.15, 0.2) is 76.2 Å². The molecule has 2 aliphatic rings. The number of aromatic nitrogens is 4. The first-order valence-corrected chi connectivity index (χ1v) is 17.7. The van der Waals surface area contributed by atoms with E-state index in [-0.39, 0.29) is 30.7 Å². The Hall–Kier alpha value is -4.67. The van der Waals surface area contributed by atoms with Crippen LogP contribution < -0.4 is 27.4 Å². The Labute approximate surface area is 305 Å². The summed E-state index contributed by atoms with van der Waals surface area (Å²) in [5.41, 5.74) is 15.6. The van der Waals surface area contributed by atoms with E-state index in [1.54, 1.807) is 20.1 Å². The second kappa shape index (κ2) is 15.1. The summed E-state index contributed by atoms with van der Waals surface area (Å²) in [7, 11) is 0. The first-order chi connectivity index (χ1) is 24.0. The van der Waals surface area contributed by atoms with Gasteiger partial charge in [-0.25, -0.2) is 13.8 Å². The monoisotopic (exact) mass is 808 g/mol. The lowest BCUT2D eigenvalue weighted by Crippen LogP contribution is -2.32. The van der Waals surface area contributed by atoms with Crippen LogP contribution in [0.25, 0.3) is 11.0 Å². The lowest BCUT2D eigenvalue weighted by Gasteiger charge is -2.20. The fourth-order valence-corrected chi connectivity index (χ4v) is 7.04. The van der Waals surface area contributed by atoms with Crippen molar-refractivity contribution >= 4 is 72.2 Å². The molecule has 6 heterocycles. The van der Waals surface area contributed by atoms with Gasteiger partial charge in [0.15, 0.2) is 0 Å². The van der Waals surface area contributed by atoms with Crippen molar-refractivity contribution in [3.63, 3.8) is 0 Å². The van der Waals surface area contributed by atoms with E-state index in [9.17, 15) is 14.4 Å². The van der Waals surface area contributed by atoms with E-state index < -0.39 is 11.8 Å². The van der Waals surface area contributed by atoms with Crippen molar-refractivity contribution in [1.29, 1.82) is 0 Å². The smallest absolute Gasteiger partial charge is 0.410 e. The molecule has 5 aromatic rings. The third-order valence-corrected chi connectivity index (χ3v) is 9.86. The molecule has 0 unspecified atom stereocenters. The molecular formula is C34H38Br2N10O4. The minimum Gasteiger partial charge on any atom is -0.445 e. The maximum Gasteiger partial charge on any atom is 0.410 e. The van der Waals surface area contributed by atoms with Gasteiger partial charge in [-0.05, 0) is 67.9 Å². The number of ether oxygens (including phenoxy) is 1. The molecule has 0 aliphatic carbocycles. The van der Waals surface area contributed by atoms with Crippen molar-refractivity contribution in [3.05, 3.63) is 92.9 Å². The van der Waals surface area contributed by atoms with Gasteiger partial charge in [0.2, 0.25) is 0 Å². The average Bonchev–Trinajstić information content (AvgIpc) is 3.87. The number of hydrogen-bond donors (Lipinski definition) is 5. The minimum absolute atomic E-state index is 0.0627. The molecule has 3 amide bonds. The number of primary amides is 2. The Morgan fingerprint density at radius 1 is 0.840 bits per heavy atom. The molecule has 1 aromatic carbocycles. The molecular weight excluding hydrogens is 772 g/mol. The molecule has 0 saturated carbocycles. The minimum atomic E-state index is -0.561. The average molecular weight is 811 g/mol. The van der Waals surface area contributed by atoms with Gasteiger partial charge >= 0.3 is 6.09 Å². The van der Waals surface area contributed by atoms with E-state index in [1.807, 2.05) is 48.7 Å². The molecule has 0 spiro atoms. The summed E-state index contributed by atoms with van der Waals surface area (Å²) in [6.07, 6.45) is 6.26. The molecule has 7 N–H and O–H groups in total. The predicted octanol–water partition coefficient (Wildman–Crippen LogP) is 4.48. The molecule has 2 fully saturated rings. The highest BCUT2D eigenvalue weighted by Crippen LogP contribution is 2.30. The number of anilines is 2. The van der Waals surface area contributed by atoms with Crippen molar-refractivity contribution in [3.8, 4) is 0 Å². The molecule has 4 aromatic heterocycles. The lowest BCUT2D eigenvalue weighted by molar-refractivity contribution is 0.0992. The van der Waals surface area contributed by atoms with E-state index in [1.165, 1.54) is 12.4 Å². The summed E-state index contributed by atoms with van der Waals surface area (Å²) in [4.78, 5) is 37.8. The van der Waals surface area contributed by atoms with Gasteiger partial charge in [-0.3, -0.25) is 9.59 Å². The van der Waals surface area contributed by atoms with Crippen LogP contribution in [0.3, 0.4) is 0 Å². The quantitative estimate of drug-likeness (QED) is 0.151. The van der Waals surface area contributed by atoms with Gasteiger partial charge in [-0.2, -0.15) is 10.2 Å². The molecule has 7 rings (SSSR count). The molecule has 0 radical (unpaired) electrons. The molecule has 262 valence electrons. The van der Waals surface area contributed by atoms with Crippen LogP contribution in [0.4, 0.5) is 16.2 Å². The van der Waals surface area contributed by atoms with Crippen molar-refractivity contribution in [2.45, 2.75) is 32.5 Å². The highest BCUT2D eigenvalue weighted by molar-refractivity contribution is 9.10. The van der Waals surface area contributed by atoms with E-state index >= 15 is 0 Å². The van der Waals surface area contributed by atoms with Gasteiger partial charge in [0.25, 0.3) is 11.8 Å². The summed E-state index contributed by atoms with van der Waals surface area (Å²) in [6.45, 7) is 7.32. The Balaban J connectivity index is 0.000000187. The van der Waals surface area contributed by atoms with Crippen molar-refractivity contribution in [2.75, 3.05) is 36.8 Å². The Morgan fingerprint density at radius 2 is 1.40 bits per heavy atom. The number of nitrogens with two attached hydrogens (primary N) is 2. The van der Waals surface area contributed by atoms with Crippen molar-refractivity contribution in [1.82, 2.24) is 29.4 Å². The van der Waals surface area contributed by atoms with Gasteiger partial charge in [-0.15, -0.1) is 0 Å². The normalized spacial score (nSPS) is 20.0. The van der Waals surface area contributed by atoms with Gasteiger partial charge in [-0.1, -0.05) is 44.2 Å². The number of nitrogens with one attached hydrogen (secondary N) is 3. The Kier molecular flexibility index (Phi) is 10.6. The highest BCUT2D eigenvalue weighted by atomic mass is 79.9. The second-order valence-corrected chi connectivity index (χ2v) is 14.5. The second-order valence-electron chi connectivity index (χ2n) is 12.6. The number of nitrogens with zero attached hydrogens (tertiary/aromatic N) is 5. The van der Waals surface area contributed by atoms with Crippen LogP contribution in [0.1, 0.15) is 40.1 Å². The van der Waals surface area contributed by atoms with Gasteiger partial charge < -0.3 is 37.1 Å². The molecule has 4 atom stereocenters. The highest BCUT2D eigenvalue weighted by Gasteiger charge is 2.34. The van der Waals surface area contributed by atoms with Gasteiger partial charge in [0.1, 0.15) is 6.61 Å². The standard InChI is InChI=1S/C21H22BrN5O3.C13H16BrN5O/c1-13-9-26(21(29)30-12-14-5-3-2-4-6-14)11-17(13)25-19-16(20(23)28)8-24-27-10-15(22)7-18(19)27;1-7-3-16-5-10(7)18-12-9(13(15)20)4-17-19-6-8(14)2-11(12)19/h2-8,10,13,17,25H,9,11-12H2,1H3,(H2,23,28);2,4,6-7,10,16,18H,3,5H2,1H3,(H2,15,20)/t13-,17+;7-,10+/m00/s1. The Morgan fingerprint density at radius 3 is 1.92 bits per heavy atom.